The van der Waals surface area contributed by atoms with Crippen LogP contribution in [0, 0.1) is 11.6 Å². The van der Waals surface area contributed by atoms with Crippen molar-refractivity contribution in [3.8, 4) is 5.75 Å². The molecule has 0 aliphatic rings. The minimum absolute atomic E-state index is 0.152. The number of amides is 1. The molecule has 0 bridgehead atoms. The molecule has 0 saturated carbocycles. The lowest BCUT2D eigenvalue weighted by Gasteiger charge is -2.11. The summed E-state index contributed by atoms with van der Waals surface area (Å²) in [7, 11) is 0. The zero-order valence-electron chi connectivity index (χ0n) is 12.9. The number of benzene rings is 2. The Morgan fingerprint density at radius 1 is 1.13 bits per heavy atom. The highest BCUT2D eigenvalue weighted by molar-refractivity contribution is 5.76. The zero-order chi connectivity index (χ0) is 16.7. The summed E-state index contributed by atoms with van der Waals surface area (Å²) in [4.78, 5) is 11.9. The molecule has 0 fully saturated rings. The molecule has 0 heterocycles. The second-order valence-corrected chi connectivity index (χ2v) is 5.07. The molecule has 5 heteroatoms. The third kappa shape index (κ3) is 5.06. The summed E-state index contributed by atoms with van der Waals surface area (Å²) >= 11 is 0. The SMILES string of the molecule is CCOc1ccccc1CNC(=O)CCc1ccc(F)c(F)c1. The van der Waals surface area contributed by atoms with Gasteiger partial charge in [0.2, 0.25) is 5.91 Å². The first kappa shape index (κ1) is 16.9. The van der Waals surface area contributed by atoms with Gasteiger partial charge in [-0.1, -0.05) is 24.3 Å². The van der Waals surface area contributed by atoms with E-state index in [4.69, 9.17) is 4.74 Å². The molecule has 122 valence electrons. The number of rotatable bonds is 7. The van der Waals surface area contributed by atoms with Crippen molar-refractivity contribution >= 4 is 5.91 Å². The highest BCUT2D eigenvalue weighted by Crippen LogP contribution is 2.17. The van der Waals surface area contributed by atoms with Crippen LogP contribution in [0.15, 0.2) is 42.5 Å². The number of carbonyl (C=O) groups excluding carboxylic acids is 1. The van der Waals surface area contributed by atoms with Gasteiger partial charge in [0.1, 0.15) is 5.75 Å². The lowest BCUT2D eigenvalue weighted by Crippen LogP contribution is -2.23. The van der Waals surface area contributed by atoms with Crippen molar-refractivity contribution in [2.45, 2.75) is 26.3 Å². The first-order chi connectivity index (χ1) is 11.1. The molecule has 23 heavy (non-hydrogen) atoms. The molecule has 0 spiro atoms. The van der Waals surface area contributed by atoms with Crippen LogP contribution in [0.3, 0.4) is 0 Å². The molecule has 2 rings (SSSR count). The zero-order valence-corrected chi connectivity index (χ0v) is 12.9. The summed E-state index contributed by atoms with van der Waals surface area (Å²) in [5, 5.41) is 2.81. The van der Waals surface area contributed by atoms with Crippen LogP contribution in [0.5, 0.6) is 5.75 Å². The Kier molecular flexibility index (Phi) is 6.09. The van der Waals surface area contributed by atoms with E-state index >= 15 is 0 Å². The minimum Gasteiger partial charge on any atom is -0.494 e. The average Bonchev–Trinajstić information content (AvgIpc) is 2.55. The molecule has 2 aromatic carbocycles. The number of hydrogen-bond donors (Lipinski definition) is 1. The van der Waals surface area contributed by atoms with Gasteiger partial charge in [0.25, 0.3) is 0 Å². The molecule has 0 saturated heterocycles. The monoisotopic (exact) mass is 319 g/mol. The molecule has 0 aromatic heterocycles. The molecule has 0 unspecified atom stereocenters. The van der Waals surface area contributed by atoms with Gasteiger partial charge in [-0.2, -0.15) is 0 Å². The van der Waals surface area contributed by atoms with Crippen molar-refractivity contribution in [3.05, 3.63) is 65.2 Å². The first-order valence-corrected chi connectivity index (χ1v) is 7.51. The number of halogens is 2. The van der Waals surface area contributed by atoms with Gasteiger partial charge in [-0.25, -0.2) is 8.78 Å². The van der Waals surface area contributed by atoms with Gasteiger partial charge in [-0.15, -0.1) is 0 Å². The molecule has 1 N–H and O–H groups in total. The highest BCUT2D eigenvalue weighted by atomic mass is 19.2. The molecule has 2 aromatic rings. The van der Waals surface area contributed by atoms with Crippen molar-refractivity contribution in [1.29, 1.82) is 0 Å². The van der Waals surface area contributed by atoms with E-state index in [1.807, 2.05) is 31.2 Å². The van der Waals surface area contributed by atoms with Gasteiger partial charge in [-0.05, 0) is 37.1 Å². The second-order valence-electron chi connectivity index (χ2n) is 5.07. The van der Waals surface area contributed by atoms with E-state index in [-0.39, 0.29) is 12.3 Å². The summed E-state index contributed by atoms with van der Waals surface area (Å²) in [5.41, 5.74) is 1.49. The second kappa shape index (κ2) is 8.27. The number of ether oxygens (including phenoxy) is 1. The number of nitrogens with one attached hydrogen (secondary N) is 1. The molecular weight excluding hydrogens is 300 g/mol. The molecular formula is C18H19F2NO2. The normalized spacial score (nSPS) is 10.4. The quantitative estimate of drug-likeness (QED) is 0.846. The summed E-state index contributed by atoms with van der Waals surface area (Å²) in [6.07, 6.45) is 0.567. The van der Waals surface area contributed by atoms with Crippen molar-refractivity contribution < 1.29 is 18.3 Å². The number of para-hydroxylation sites is 1. The van der Waals surface area contributed by atoms with Crippen molar-refractivity contribution in [2.75, 3.05) is 6.61 Å². The van der Waals surface area contributed by atoms with E-state index < -0.39 is 11.6 Å². The first-order valence-electron chi connectivity index (χ1n) is 7.51. The van der Waals surface area contributed by atoms with E-state index in [0.29, 0.717) is 25.1 Å². The number of hydrogen-bond acceptors (Lipinski definition) is 2. The van der Waals surface area contributed by atoms with E-state index in [0.717, 1.165) is 23.4 Å². The summed E-state index contributed by atoms with van der Waals surface area (Å²) in [6, 6.07) is 11.2. The van der Waals surface area contributed by atoms with E-state index in [1.54, 1.807) is 0 Å². The highest BCUT2D eigenvalue weighted by Gasteiger charge is 2.07. The largest absolute Gasteiger partial charge is 0.494 e. The van der Waals surface area contributed by atoms with Gasteiger partial charge in [0.05, 0.1) is 6.61 Å². The van der Waals surface area contributed by atoms with Crippen LogP contribution in [0.4, 0.5) is 8.78 Å². The predicted molar refractivity (Wildman–Crippen MR) is 84.1 cm³/mol. The Balaban J connectivity index is 1.84. The van der Waals surface area contributed by atoms with Gasteiger partial charge in [-0.3, -0.25) is 4.79 Å². The lowest BCUT2D eigenvalue weighted by molar-refractivity contribution is -0.121. The summed E-state index contributed by atoms with van der Waals surface area (Å²) < 4.78 is 31.4. The third-order valence-corrected chi connectivity index (χ3v) is 3.37. The van der Waals surface area contributed by atoms with Crippen LogP contribution in [-0.4, -0.2) is 12.5 Å². The Labute approximate surface area is 134 Å². The maximum atomic E-state index is 13.1. The van der Waals surface area contributed by atoms with Crippen LogP contribution in [0.2, 0.25) is 0 Å². The summed E-state index contributed by atoms with van der Waals surface area (Å²) in [6.45, 7) is 2.82. The lowest BCUT2D eigenvalue weighted by atomic mass is 10.1. The number of aryl methyl sites for hydroxylation is 1. The number of carbonyl (C=O) groups is 1. The van der Waals surface area contributed by atoms with Gasteiger partial charge >= 0.3 is 0 Å². The van der Waals surface area contributed by atoms with E-state index in [2.05, 4.69) is 5.32 Å². The summed E-state index contributed by atoms with van der Waals surface area (Å²) in [5.74, 6) is -1.18. The van der Waals surface area contributed by atoms with Gasteiger partial charge < -0.3 is 10.1 Å². The molecule has 0 atom stereocenters. The van der Waals surface area contributed by atoms with Crippen molar-refractivity contribution in [1.82, 2.24) is 5.32 Å². The Hall–Kier alpha value is -2.43. The van der Waals surface area contributed by atoms with Crippen LogP contribution < -0.4 is 10.1 Å². The molecule has 3 nitrogen and oxygen atoms in total. The standard InChI is InChI=1S/C18H19F2NO2/c1-2-23-17-6-4-3-5-14(17)12-21-18(22)10-8-13-7-9-15(19)16(20)11-13/h3-7,9,11H,2,8,10,12H2,1H3,(H,21,22). The maximum absolute atomic E-state index is 13.1. The van der Waals surface area contributed by atoms with Crippen LogP contribution in [0.25, 0.3) is 0 Å². The Bertz CT molecular complexity index is 674. The third-order valence-electron chi connectivity index (χ3n) is 3.37. The van der Waals surface area contributed by atoms with Gasteiger partial charge in [0.15, 0.2) is 11.6 Å². The molecule has 0 radical (unpaired) electrons. The van der Waals surface area contributed by atoms with Crippen molar-refractivity contribution in [3.63, 3.8) is 0 Å². The van der Waals surface area contributed by atoms with Crippen LogP contribution in [0.1, 0.15) is 24.5 Å². The van der Waals surface area contributed by atoms with E-state index in [9.17, 15) is 13.6 Å². The Morgan fingerprint density at radius 2 is 1.91 bits per heavy atom. The molecule has 1 amide bonds. The fourth-order valence-electron chi connectivity index (χ4n) is 2.18. The van der Waals surface area contributed by atoms with E-state index in [1.165, 1.54) is 6.07 Å². The van der Waals surface area contributed by atoms with Crippen molar-refractivity contribution in [2.24, 2.45) is 0 Å². The smallest absolute Gasteiger partial charge is 0.220 e. The van der Waals surface area contributed by atoms with Crippen LogP contribution >= 0.6 is 0 Å². The minimum atomic E-state index is -0.895. The average molecular weight is 319 g/mol. The fourth-order valence-corrected chi connectivity index (χ4v) is 2.18. The molecule has 0 aliphatic carbocycles. The van der Waals surface area contributed by atoms with Gasteiger partial charge in [0, 0.05) is 18.5 Å². The predicted octanol–water partition coefficient (Wildman–Crippen LogP) is 3.61. The molecule has 0 aliphatic heterocycles. The van der Waals surface area contributed by atoms with Crippen LogP contribution in [-0.2, 0) is 17.8 Å². The Morgan fingerprint density at radius 3 is 2.65 bits per heavy atom. The topological polar surface area (TPSA) is 38.3 Å². The fraction of sp³-hybridized carbons (Fsp3) is 0.278. The maximum Gasteiger partial charge on any atom is 0.220 e.